The number of nitrogens with zero attached hydrogens (tertiary/aromatic N) is 2. The first-order chi connectivity index (χ1) is 10.6. The van der Waals surface area contributed by atoms with E-state index in [1.54, 1.807) is 13.3 Å². The summed E-state index contributed by atoms with van der Waals surface area (Å²) in [7, 11) is 1.60. The van der Waals surface area contributed by atoms with Crippen LogP contribution in [0.4, 0.5) is 0 Å². The first-order valence-electron chi connectivity index (χ1n) is 7.82. The molecule has 2 aliphatic heterocycles. The second-order valence-corrected chi connectivity index (χ2v) is 6.24. The number of likely N-dealkylation sites (tertiary alicyclic amines) is 1. The van der Waals surface area contributed by atoms with Gasteiger partial charge in [-0.05, 0) is 30.9 Å². The zero-order valence-corrected chi connectivity index (χ0v) is 12.9. The SMILES string of the molecule is COc1cc(CN2CC[C@@H](O)[C@@]3(CCCNC3=O)C2)ccn1. The molecule has 1 amide bonds. The molecule has 6 heteroatoms. The summed E-state index contributed by atoms with van der Waals surface area (Å²) in [5, 5.41) is 13.3. The minimum absolute atomic E-state index is 0.00302. The molecule has 3 rings (SSSR count). The first-order valence-corrected chi connectivity index (χ1v) is 7.82. The molecular weight excluding hydrogens is 282 g/mol. The lowest BCUT2D eigenvalue weighted by Gasteiger charge is -2.47. The van der Waals surface area contributed by atoms with Gasteiger partial charge in [0.2, 0.25) is 11.8 Å². The Morgan fingerprint density at radius 2 is 2.45 bits per heavy atom. The Balaban J connectivity index is 1.74. The summed E-state index contributed by atoms with van der Waals surface area (Å²) in [6.07, 6.45) is 3.51. The molecule has 120 valence electrons. The lowest BCUT2D eigenvalue weighted by atomic mass is 9.71. The van der Waals surface area contributed by atoms with Crippen LogP contribution >= 0.6 is 0 Å². The van der Waals surface area contributed by atoms with Gasteiger partial charge >= 0.3 is 0 Å². The average molecular weight is 305 g/mol. The fourth-order valence-electron chi connectivity index (χ4n) is 3.58. The summed E-state index contributed by atoms with van der Waals surface area (Å²) < 4.78 is 5.15. The van der Waals surface area contributed by atoms with Crippen molar-refractivity contribution >= 4 is 5.91 Å². The highest BCUT2D eigenvalue weighted by molar-refractivity contribution is 5.84. The van der Waals surface area contributed by atoms with Gasteiger partial charge in [-0.1, -0.05) is 0 Å². The molecule has 2 N–H and O–H groups in total. The number of aliphatic hydroxyl groups excluding tert-OH is 1. The van der Waals surface area contributed by atoms with Crippen LogP contribution in [0.2, 0.25) is 0 Å². The number of aliphatic hydroxyl groups is 1. The number of piperidine rings is 2. The molecule has 2 saturated heterocycles. The topological polar surface area (TPSA) is 74.7 Å². The third kappa shape index (κ3) is 2.80. The van der Waals surface area contributed by atoms with Gasteiger partial charge in [0.1, 0.15) is 0 Å². The van der Waals surface area contributed by atoms with Crippen molar-refractivity contribution in [1.82, 2.24) is 15.2 Å². The van der Waals surface area contributed by atoms with Crippen molar-refractivity contribution in [3.8, 4) is 5.88 Å². The van der Waals surface area contributed by atoms with E-state index in [2.05, 4.69) is 15.2 Å². The Morgan fingerprint density at radius 1 is 1.59 bits per heavy atom. The predicted octanol–water partition coefficient (Wildman–Crippen LogP) is 0.553. The van der Waals surface area contributed by atoms with E-state index >= 15 is 0 Å². The number of hydrogen-bond acceptors (Lipinski definition) is 5. The molecule has 2 fully saturated rings. The van der Waals surface area contributed by atoms with E-state index in [-0.39, 0.29) is 5.91 Å². The largest absolute Gasteiger partial charge is 0.481 e. The van der Waals surface area contributed by atoms with Gasteiger partial charge in [-0.2, -0.15) is 0 Å². The van der Waals surface area contributed by atoms with E-state index in [9.17, 15) is 9.90 Å². The number of carbonyl (C=O) groups excluding carboxylic acids is 1. The quantitative estimate of drug-likeness (QED) is 0.853. The third-order valence-corrected chi connectivity index (χ3v) is 4.81. The van der Waals surface area contributed by atoms with Crippen LogP contribution in [0.3, 0.4) is 0 Å². The summed E-state index contributed by atoms with van der Waals surface area (Å²) in [6.45, 7) is 2.85. The smallest absolute Gasteiger partial charge is 0.230 e. The van der Waals surface area contributed by atoms with Crippen molar-refractivity contribution in [3.05, 3.63) is 23.9 Å². The van der Waals surface area contributed by atoms with Crippen LogP contribution in [0, 0.1) is 5.41 Å². The molecule has 0 bridgehead atoms. The molecule has 1 spiro atoms. The second-order valence-electron chi connectivity index (χ2n) is 6.24. The molecule has 0 aromatic carbocycles. The molecular formula is C16H23N3O3. The van der Waals surface area contributed by atoms with Crippen LogP contribution in [0.15, 0.2) is 18.3 Å². The average Bonchev–Trinajstić information content (AvgIpc) is 2.54. The number of aromatic nitrogens is 1. The van der Waals surface area contributed by atoms with Crippen molar-refractivity contribution in [3.63, 3.8) is 0 Å². The summed E-state index contributed by atoms with van der Waals surface area (Å²) in [5.41, 5.74) is 0.461. The lowest BCUT2D eigenvalue weighted by Crippen LogP contribution is -2.61. The molecule has 2 aliphatic rings. The Hall–Kier alpha value is -1.66. The number of amides is 1. The summed E-state index contributed by atoms with van der Waals surface area (Å²) in [5.74, 6) is 0.600. The fraction of sp³-hybridized carbons (Fsp3) is 0.625. The van der Waals surface area contributed by atoms with Crippen molar-refractivity contribution in [2.45, 2.75) is 31.9 Å². The molecule has 2 atom stereocenters. The molecule has 1 aromatic rings. The molecule has 0 radical (unpaired) electrons. The molecule has 1 aromatic heterocycles. The molecule has 6 nitrogen and oxygen atoms in total. The van der Waals surface area contributed by atoms with Crippen LogP contribution < -0.4 is 10.1 Å². The number of ether oxygens (including phenoxy) is 1. The number of carbonyl (C=O) groups is 1. The van der Waals surface area contributed by atoms with Crippen LogP contribution in [-0.2, 0) is 11.3 Å². The molecule has 0 unspecified atom stereocenters. The fourth-order valence-corrected chi connectivity index (χ4v) is 3.58. The van der Waals surface area contributed by atoms with Gasteiger partial charge in [-0.3, -0.25) is 9.69 Å². The maximum absolute atomic E-state index is 12.4. The highest BCUT2D eigenvalue weighted by atomic mass is 16.5. The Labute approximate surface area is 130 Å². The van der Waals surface area contributed by atoms with Gasteiger partial charge < -0.3 is 15.2 Å². The zero-order chi connectivity index (χ0) is 15.6. The highest BCUT2D eigenvalue weighted by Gasteiger charge is 2.49. The maximum Gasteiger partial charge on any atom is 0.230 e. The van der Waals surface area contributed by atoms with Gasteiger partial charge in [-0.15, -0.1) is 0 Å². The lowest BCUT2D eigenvalue weighted by molar-refractivity contribution is -0.149. The van der Waals surface area contributed by atoms with E-state index < -0.39 is 11.5 Å². The van der Waals surface area contributed by atoms with Crippen molar-refractivity contribution in [2.75, 3.05) is 26.7 Å². The van der Waals surface area contributed by atoms with Crippen LogP contribution in [0.25, 0.3) is 0 Å². The summed E-state index contributed by atoms with van der Waals surface area (Å²) >= 11 is 0. The molecule has 0 saturated carbocycles. The van der Waals surface area contributed by atoms with Crippen LogP contribution in [-0.4, -0.2) is 53.7 Å². The second kappa shape index (κ2) is 6.22. The third-order valence-electron chi connectivity index (χ3n) is 4.81. The molecule has 3 heterocycles. The van der Waals surface area contributed by atoms with E-state index in [4.69, 9.17) is 4.74 Å². The van der Waals surface area contributed by atoms with Gasteiger partial charge in [0.25, 0.3) is 0 Å². The normalized spacial score (nSPS) is 29.4. The van der Waals surface area contributed by atoms with Crippen molar-refractivity contribution < 1.29 is 14.6 Å². The molecule has 0 aliphatic carbocycles. The van der Waals surface area contributed by atoms with E-state index in [0.717, 1.165) is 38.0 Å². The van der Waals surface area contributed by atoms with Crippen molar-refractivity contribution in [1.29, 1.82) is 0 Å². The molecule has 22 heavy (non-hydrogen) atoms. The Bertz CT molecular complexity index is 551. The Morgan fingerprint density at radius 3 is 3.23 bits per heavy atom. The Kier molecular flexibility index (Phi) is 4.31. The minimum atomic E-state index is -0.645. The number of nitrogens with one attached hydrogen (secondary N) is 1. The summed E-state index contributed by atoms with van der Waals surface area (Å²) in [4.78, 5) is 18.7. The van der Waals surface area contributed by atoms with Crippen LogP contribution in [0.1, 0.15) is 24.8 Å². The first kappa shape index (κ1) is 15.2. The number of methoxy groups -OCH3 is 1. The number of pyridine rings is 1. The maximum atomic E-state index is 12.4. The summed E-state index contributed by atoms with van der Waals surface area (Å²) in [6, 6.07) is 3.87. The number of rotatable bonds is 3. The standard InChI is InChI=1S/C16H23N3O3/c1-22-14-9-12(3-7-17-14)10-19-8-4-13(20)16(11-19)5-2-6-18-15(16)21/h3,7,9,13,20H,2,4-6,8,10-11H2,1H3,(H,18,21)/t13-,16-/m1/s1. The van der Waals surface area contributed by atoms with E-state index in [1.807, 2.05) is 12.1 Å². The van der Waals surface area contributed by atoms with Crippen molar-refractivity contribution in [2.24, 2.45) is 5.41 Å². The van der Waals surface area contributed by atoms with E-state index in [1.165, 1.54) is 0 Å². The minimum Gasteiger partial charge on any atom is -0.481 e. The van der Waals surface area contributed by atoms with Gasteiger partial charge in [0, 0.05) is 38.4 Å². The number of hydrogen-bond donors (Lipinski definition) is 2. The van der Waals surface area contributed by atoms with Crippen LogP contribution in [0.5, 0.6) is 5.88 Å². The van der Waals surface area contributed by atoms with E-state index in [0.29, 0.717) is 18.8 Å². The monoisotopic (exact) mass is 305 g/mol. The van der Waals surface area contributed by atoms with Gasteiger partial charge in [0.05, 0.1) is 18.6 Å². The highest BCUT2D eigenvalue weighted by Crippen LogP contribution is 2.37. The zero-order valence-electron chi connectivity index (χ0n) is 12.9. The van der Waals surface area contributed by atoms with Gasteiger partial charge in [-0.25, -0.2) is 4.98 Å². The predicted molar refractivity (Wildman–Crippen MR) is 81.4 cm³/mol. The van der Waals surface area contributed by atoms with Gasteiger partial charge in [0.15, 0.2) is 0 Å².